The standard InChI is InChI=1S/2C20H37N2.Sr/c2*1-10-13-19(6,7)15-16(20(8,9)14-11-2)22-17(21-15)18(4,5)12-3;/h2*10-14H2,1-9H3;/q2*-1;+2. The molecule has 4 nitrogen and oxygen atoms in total. The molecule has 45 heavy (non-hydrogen) atoms. The van der Waals surface area contributed by atoms with Crippen LogP contribution in [-0.4, -0.2) is 55.4 Å². The number of nitrogens with zero attached hydrogens (tertiary/aromatic N) is 4. The Balaban J connectivity index is 0.000000842. The van der Waals surface area contributed by atoms with Crippen LogP contribution >= 0.6 is 0 Å². The van der Waals surface area contributed by atoms with Crippen molar-refractivity contribution in [2.24, 2.45) is 0 Å². The number of rotatable bonds is 16. The SMILES string of the molecule is CCCC(C)(C)c1nc(C(C)(C)CC)[n-]c1C(C)(C)CCC.CCCC(C)(C)c1nc(C(C)(C)CC)[n-]c1C(C)(C)CCC.[Sr+2]. The summed E-state index contributed by atoms with van der Waals surface area (Å²) in [6.45, 7) is 41.1. The monoisotopic (exact) mass is 698 g/mol. The van der Waals surface area contributed by atoms with Crippen LogP contribution in [0.4, 0.5) is 0 Å². The van der Waals surface area contributed by atoms with Crippen molar-refractivity contribution in [2.75, 3.05) is 0 Å². The van der Waals surface area contributed by atoms with E-state index in [-0.39, 0.29) is 78.0 Å². The molecule has 0 spiro atoms. The second-order valence-corrected chi connectivity index (χ2v) is 17.5. The summed E-state index contributed by atoms with van der Waals surface area (Å²) >= 11 is 0. The molecule has 0 saturated carbocycles. The molecule has 2 rings (SSSR count). The van der Waals surface area contributed by atoms with Crippen LogP contribution in [0.5, 0.6) is 0 Å². The van der Waals surface area contributed by atoms with E-state index < -0.39 is 0 Å². The molecule has 0 radical (unpaired) electrons. The topological polar surface area (TPSA) is 54.0 Å². The molecule has 0 aromatic carbocycles. The van der Waals surface area contributed by atoms with Gasteiger partial charge in [-0.1, -0.05) is 185 Å². The first-order valence-corrected chi connectivity index (χ1v) is 18.2. The summed E-state index contributed by atoms with van der Waals surface area (Å²) < 4.78 is 0. The van der Waals surface area contributed by atoms with Gasteiger partial charge in [0, 0.05) is 0 Å². The molecule has 256 valence electrons. The third-order valence-corrected chi connectivity index (χ3v) is 10.4. The van der Waals surface area contributed by atoms with Crippen molar-refractivity contribution in [3.63, 3.8) is 0 Å². The fraction of sp³-hybridized carbons (Fsp3) is 0.850. The van der Waals surface area contributed by atoms with E-state index in [2.05, 4.69) is 125 Å². The Bertz CT molecular complexity index is 982. The minimum Gasteiger partial charge on any atom is -0.442 e. The van der Waals surface area contributed by atoms with Crippen molar-refractivity contribution in [3.8, 4) is 0 Å². The average molecular weight is 699 g/mol. The normalized spacial score (nSPS) is 13.4. The van der Waals surface area contributed by atoms with Crippen LogP contribution in [-0.2, 0) is 32.5 Å². The molecule has 0 aliphatic carbocycles. The molecule has 0 aliphatic heterocycles. The number of hydrogen-bond donors (Lipinski definition) is 0. The minimum absolute atomic E-state index is 0. The molecule has 0 aliphatic rings. The molecule has 5 heteroatoms. The summed E-state index contributed by atoms with van der Waals surface area (Å²) in [5.41, 5.74) is 5.47. The second-order valence-electron chi connectivity index (χ2n) is 17.5. The Labute approximate surface area is 318 Å². The number of hydrogen-bond acceptors (Lipinski definition) is 2. The Kier molecular flexibility index (Phi) is 17.5. The maximum atomic E-state index is 5.08. The van der Waals surface area contributed by atoms with E-state index in [1.807, 2.05) is 0 Å². The van der Waals surface area contributed by atoms with Crippen molar-refractivity contribution in [1.29, 1.82) is 0 Å². The zero-order valence-corrected chi connectivity index (χ0v) is 37.0. The van der Waals surface area contributed by atoms with Crippen LogP contribution in [0.1, 0.15) is 223 Å². The van der Waals surface area contributed by atoms with Crippen LogP contribution in [0, 0.1) is 0 Å². The van der Waals surface area contributed by atoms with Gasteiger partial charge in [-0.3, -0.25) is 0 Å². The Hall–Kier alpha value is -0.0995. The van der Waals surface area contributed by atoms with Crippen molar-refractivity contribution in [2.45, 2.75) is 221 Å². The van der Waals surface area contributed by atoms with E-state index in [9.17, 15) is 0 Å². The summed E-state index contributed by atoms with van der Waals surface area (Å²) in [7, 11) is 0. The van der Waals surface area contributed by atoms with E-state index in [1.165, 1.54) is 48.5 Å². The van der Waals surface area contributed by atoms with Gasteiger partial charge in [-0.2, -0.15) is 0 Å². The van der Waals surface area contributed by atoms with E-state index in [1.54, 1.807) is 0 Å². The summed E-state index contributed by atoms with van der Waals surface area (Å²) in [5, 5.41) is 0. The maximum Gasteiger partial charge on any atom is 2.00 e. The molecule has 0 saturated heterocycles. The van der Waals surface area contributed by atoms with Gasteiger partial charge in [-0.25, -0.2) is 0 Å². The molecule has 0 atom stereocenters. The van der Waals surface area contributed by atoms with E-state index >= 15 is 0 Å². The summed E-state index contributed by atoms with van der Waals surface area (Å²) in [5.74, 6) is 2.07. The van der Waals surface area contributed by atoms with E-state index in [0.29, 0.717) is 0 Å². The van der Waals surface area contributed by atoms with E-state index in [0.717, 1.165) is 50.2 Å². The van der Waals surface area contributed by atoms with Gasteiger partial charge in [0.2, 0.25) is 0 Å². The third-order valence-electron chi connectivity index (χ3n) is 10.4. The van der Waals surface area contributed by atoms with Gasteiger partial charge in [0.15, 0.2) is 0 Å². The molecule has 0 unspecified atom stereocenters. The van der Waals surface area contributed by atoms with E-state index in [4.69, 9.17) is 19.9 Å². The van der Waals surface area contributed by atoms with Crippen molar-refractivity contribution < 1.29 is 0 Å². The second kappa shape index (κ2) is 17.5. The molecule has 0 bridgehead atoms. The first kappa shape index (κ1) is 44.9. The van der Waals surface area contributed by atoms with Crippen LogP contribution < -0.4 is 9.97 Å². The predicted octanol–water partition coefficient (Wildman–Crippen LogP) is 11.4. The van der Waals surface area contributed by atoms with Gasteiger partial charge >= 0.3 is 45.5 Å². The molecular formula is C40H74N4Sr. The molecular weight excluding hydrogens is 624 g/mol. The Morgan fingerprint density at radius 3 is 0.867 bits per heavy atom. The zero-order chi connectivity index (χ0) is 34.4. The van der Waals surface area contributed by atoms with Crippen molar-refractivity contribution >= 4 is 45.5 Å². The van der Waals surface area contributed by atoms with Gasteiger partial charge in [0.05, 0.1) is 0 Å². The van der Waals surface area contributed by atoms with Gasteiger partial charge < -0.3 is 19.9 Å². The first-order chi connectivity index (χ1) is 20.0. The molecule has 0 N–H and O–H groups in total. The summed E-state index contributed by atoms with van der Waals surface area (Å²) in [4.78, 5) is 20.3. The van der Waals surface area contributed by atoms with Gasteiger partial charge in [0.25, 0.3) is 0 Å². The van der Waals surface area contributed by atoms with Gasteiger partial charge in [-0.05, 0) is 71.0 Å². The third kappa shape index (κ3) is 11.5. The van der Waals surface area contributed by atoms with Crippen LogP contribution in [0.25, 0.3) is 0 Å². The van der Waals surface area contributed by atoms with Crippen LogP contribution in [0.15, 0.2) is 0 Å². The Morgan fingerprint density at radius 1 is 0.400 bits per heavy atom. The molecule has 2 heterocycles. The Morgan fingerprint density at radius 2 is 0.644 bits per heavy atom. The number of imidazole rings is 2. The summed E-state index contributed by atoms with van der Waals surface area (Å²) in [6, 6.07) is 0. The van der Waals surface area contributed by atoms with Crippen LogP contribution in [0.2, 0.25) is 0 Å². The number of aromatic nitrogens is 4. The van der Waals surface area contributed by atoms with Gasteiger partial charge in [-0.15, -0.1) is 0 Å². The fourth-order valence-electron chi connectivity index (χ4n) is 6.47. The average Bonchev–Trinajstić information content (AvgIpc) is 3.57. The predicted molar refractivity (Wildman–Crippen MR) is 199 cm³/mol. The quantitative estimate of drug-likeness (QED) is 0.164. The smallest absolute Gasteiger partial charge is 0.442 e. The molecule has 0 amide bonds. The summed E-state index contributed by atoms with van der Waals surface area (Å²) in [6.07, 6.45) is 11.5. The van der Waals surface area contributed by atoms with Gasteiger partial charge in [0.1, 0.15) is 0 Å². The van der Waals surface area contributed by atoms with Crippen LogP contribution in [0.3, 0.4) is 0 Å². The fourth-order valence-corrected chi connectivity index (χ4v) is 6.47. The maximum absolute atomic E-state index is 5.08. The first-order valence-electron chi connectivity index (χ1n) is 18.2. The molecule has 2 aromatic heterocycles. The molecule has 0 fully saturated rings. The minimum atomic E-state index is 0. The van der Waals surface area contributed by atoms with Crippen molar-refractivity contribution in [1.82, 2.24) is 19.9 Å². The zero-order valence-electron chi connectivity index (χ0n) is 33.6. The van der Waals surface area contributed by atoms with Crippen molar-refractivity contribution in [3.05, 3.63) is 34.4 Å². The molecule has 2 aromatic rings. The largest absolute Gasteiger partial charge is 2.00 e.